The van der Waals surface area contributed by atoms with Gasteiger partial charge in [0.25, 0.3) is 0 Å². The Bertz CT molecular complexity index is 419. The summed E-state index contributed by atoms with van der Waals surface area (Å²) < 4.78 is 0. The van der Waals surface area contributed by atoms with Gasteiger partial charge in [0, 0.05) is 29.6 Å². The van der Waals surface area contributed by atoms with Gasteiger partial charge in [0.05, 0.1) is 0 Å². The third-order valence-corrected chi connectivity index (χ3v) is 5.19. The summed E-state index contributed by atoms with van der Waals surface area (Å²) in [5.41, 5.74) is 1.34. The number of benzene rings is 1. The van der Waals surface area contributed by atoms with E-state index in [0.717, 1.165) is 5.02 Å². The first kappa shape index (κ1) is 12.5. The zero-order chi connectivity index (χ0) is 12.7. The predicted molar refractivity (Wildman–Crippen MR) is 74.0 cm³/mol. The summed E-state index contributed by atoms with van der Waals surface area (Å²) in [6.07, 6.45) is 3.68. The molecule has 3 heteroatoms. The number of halogens is 1. The molecule has 2 nitrogen and oxygen atoms in total. The van der Waals surface area contributed by atoms with Crippen LogP contribution in [0.2, 0.25) is 5.02 Å². The normalized spacial score (nSPS) is 35.9. The predicted octanol–water partition coefficient (Wildman–Crippen LogP) is 2.90. The highest BCUT2D eigenvalue weighted by Gasteiger charge is 2.45. The largest absolute Gasteiger partial charge is 0.396 e. The van der Waals surface area contributed by atoms with E-state index in [-0.39, 0.29) is 6.61 Å². The smallest absolute Gasteiger partial charge is 0.0480 e. The number of nitrogens with zero attached hydrogens (tertiary/aromatic N) is 1. The molecule has 1 aromatic rings. The topological polar surface area (TPSA) is 23.5 Å². The van der Waals surface area contributed by atoms with Crippen LogP contribution in [0.25, 0.3) is 0 Å². The molecule has 2 aliphatic heterocycles. The maximum atomic E-state index is 9.76. The van der Waals surface area contributed by atoms with Crippen LogP contribution in [-0.2, 0) is 0 Å². The van der Waals surface area contributed by atoms with Crippen LogP contribution < -0.4 is 0 Å². The Morgan fingerprint density at radius 2 is 2.00 bits per heavy atom. The minimum absolute atomic E-state index is 0.287. The number of rotatable bonds is 2. The molecule has 1 aromatic carbocycles. The van der Waals surface area contributed by atoms with Crippen molar-refractivity contribution in [2.45, 2.75) is 37.3 Å². The maximum Gasteiger partial charge on any atom is 0.0480 e. The van der Waals surface area contributed by atoms with E-state index in [1.807, 2.05) is 12.1 Å². The summed E-state index contributed by atoms with van der Waals surface area (Å²) in [6, 6.07) is 9.42. The SMILES string of the molecule is CN1C2CC[C@H]1[C@H](CO)[C@@H](c1ccc(Cl)cc1)C2. The standard InChI is InChI=1S/C15H20ClNO/c1-17-12-6-7-15(17)14(9-18)13(8-12)10-2-4-11(16)5-3-10/h2-5,12-15,18H,6-9H2,1H3/t12?,13-,14-,15+/m1/s1. The highest BCUT2D eigenvalue weighted by atomic mass is 35.5. The summed E-state index contributed by atoms with van der Waals surface area (Å²) >= 11 is 5.96. The summed E-state index contributed by atoms with van der Waals surface area (Å²) in [5.74, 6) is 0.857. The fourth-order valence-electron chi connectivity index (χ4n) is 3.92. The van der Waals surface area contributed by atoms with Crippen LogP contribution in [0.3, 0.4) is 0 Å². The molecular formula is C15H20ClNO. The van der Waals surface area contributed by atoms with Crippen LogP contribution in [0.15, 0.2) is 24.3 Å². The van der Waals surface area contributed by atoms with Crippen molar-refractivity contribution in [2.75, 3.05) is 13.7 Å². The van der Waals surface area contributed by atoms with Gasteiger partial charge in [-0.3, -0.25) is 0 Å². The van der Waals surface area contributed by atoms with Gasteiger partial charge in [-0.25, -0.2) is 0 Å². The third-order valence-electron chi connectivity index (χ3n) is 4.94. The van der Waals surface area contributed by atoms with Gasteiger partial charge in [-0.1, -0.05) is 23.7 Å². The van der Waals surface area contributed by atoms with E-state index in [0.29, 0.717) is 23.9 Å². The number of fused-ring (bicyclic) bond motifs is 2. The molecule has 0 saturated carbocycles. The fourth-order valence-corrected chi connectivity index (χ4v) is 4.05. The zero-order valence-corrected chi connectivity index (χ0v) is 11.5. The van der Waals surface area contributed by atoms with Gasteiger partial charge in [-0.15, -0.1) is 0 Å². The van der Waals surface area contributed by atoms with E-state index in [2.05, 4.69) is 24.1 Å². The molecule has 0 radical (unpaired) electrons. The number of hydrogen-bond donors (Lipinski definition) is 1. The second-order valence-corrected chi connectivity index (χ2v) is 6.14. The molecule has 1 N–H and O–H groups in total. The molecule has 2 heterocycles. The van der Waals surface area contributed by atoms with Crippen LogP contribution in [-0.4, -0.2) is 35.7 Å². The quantitative estimate of drug-likeness (QED) is 0.889. The molecule has 3 rings (SSSR count). The second-order valence-electron chi connectivity index (χ2n) is 5.70. The molecule has 4 atom stereocenters. The molecule has 1 unspecified atom stereocenters. The van der Waals surface area contributed by atoms with Crippen molar-refractivity contribution in [1.29, 1.82) is 0 Å². The number of piperidine rings is 1. The van der Waals surface area contributed by atoms with Crippen molar-refractivity contribution >= 4 is 11.6 Å². The average molecular weight is 266 g/mol. The van der Waals surface area contributed by atoms with Crippen molar-refractivity contribution in [3.05, 3.63) is 34.9 Å². The Hall–Kier alpha value is -0.570. The molecule has 2 aliphatic rings. The number of hydrogen-bond acceptors (Lipinski definition) is 2. The van der Waals surface area contributed by atoms with E-state index in [9.17, 15) is 5.11 Å². The first-order valence-corrected chi connectivity index (χ1v) is 7.16. The molecule has 0 amide bonds. The Labute approximate surface area is 114 Å². The first-order valence-electron chi connectivity index (χ1n) is 6.79. The van der Waals surface area contributed by atoms with E-state index in [1.165, 1.54) is 24.8 Å². The van der Waals surface area contributed by atoms with Gasteiger partial charge < -0.3 is 10.0 Å². The van der Waals surface area contributed by atoms with Crippen molar-refractivity contribution in [2.24, 2.45) is 5.92 Å². The van der Waals surface area contributed by atoms with Gasteiger partial charge in [0.2, 0.25) is 0 Å². The van der Waals surface area contributed by atoms with E-state index in [1.54, 1.807) is 0 Å². The van der Waals surface area contributed by atoms with Crippen LogP contribution in [0.5, 0.6) is 0 Å². The Morgan fingerprint density at radius 1 is 1.28 bits per heavy atom. The molecule has 2 fully saturated rings. The van der Waals surface area contributed by atoms with E-state index < -0.39 is 0 Å². The lowest BCUT2D eigenvalue weighted by Crippen LogP contribution is -2.47. The van der Waals surface area contributed by atoms with Crippen LogP contribution in [0.4, 0.5) is 0 Å². The Morgan fingerprint density at radius 3 is 2.67 bits per heavy atom. The van der Waals surface area contributed by atoms with Crippen molar-refractivity contribution in [3.63, 3.8) is 0 Å². The molecule has 98 valence electrons. The zero-order valence-electron chi connectivity index (χ0n) is 10.7. The molecular weight excluding hydrogens is 246 g/mol. The monoisotopic (exact) mass is 265 g/mol. The lowest BCUT2D eigenvalue weighted by Gasteiger charge is -2.42. The van der Waals surface area contributed by atoms with Crippen LogP contribution in [0, 0.1) is 5.92 Å². The lowest BCUT2D eigenvalue weighted by atomic mass is 9.76. The van der Waals surface area contributed by atoms with Gasteiger partial charge in [0.1, 0.15) is 0 Å². The highest BCUT2D eigenvalue weighted by molar-refractivity contribution is 6.30. The van der Waals surface area contributed by atoms with E-state index >= 15 is 0 Å². The summed E-state index contributed by atoms with van der Waals surface area (Å²) in [7, 11) is 2.21. The maximum absolute atomic E-state index is 9.76. The molecule has 0 aliphatic carbocycles. The second kappa shape index (κ2) is 4.84. The number of aliphatic hydroxyl groups excluding tert-OH is 1. The fraction of sp³-hybridized carbons (Fsp3) is 0.600. The minimum atomic E-state index is 0.287. The third kappa shape index (κ3) is 1.97. The Kier molecular flexibility index (Phi) is 3.35. The summed E-state index contributed by atoms with van der Waals surface area (Å²) in [4.78, 5) is 2.48. The molecule has 18 heavy (non-hydrogen) atoms. The van der Waals surface area contributed by atoms with Gasteiger partial charge in [0.15, 0.2) is 0 Å². The van der Waals surface area contributed by atoms with Gasteiger partial charge in [-0.2, -0.15) is 0 Å². The number of aliphatic hydroxyl groups is 1. The minimum Gasteiger partial charge on any atom is -0.396 e. The lowest BCUT2D eigenvalue weighted by molar-refractivity contribution is 0.0592. The van der Waals surface area contributed by atoms with Crippen molar-refractivity contribution in [1.82, 2.24) is 4.90 Å². The summed E-state index contributed by atoms with van der Waals surface area (Å²) in [6.45, 7) is 0.287. The molecule has 0 spiro atoms. The molecule has 2 bridgehead atoms. The first-order chi connectivity index (χ1) is 8.70. The highest BCUT2D eigenvalue weighted by Crippen LogP contribution is 2.45. The molecule has 0 aromatic heterocycles. The van der Waals surface area contributed by atoms with Crippen molar-refractivity contribution < 1.29 is 5.11 Å². The van der Waals surface area contributed by atoms with Crippen molar-refractivity contribution in [3.8, 4) is 0 Å². The summed E-state index contributed by atoms with van der Waals surface area (Å²) in [5, 5.41) is 10.5. The van der Waals surface area contributed by atoms with Gasteiger partial charge >= 0.3 is 0 Å². The average Bonchev–Trinajstić information content (AvgIpc) is 2.63. The Balaban J connectivity index is 1.89. The molecule has 2 saturated heterocycles. The van der Waals surface area contributed by atoms with Crippen LogP contribution >= 0.6 is 11.6 Å². The van der Waals surface area contributed by atoms with Gasteiger partial charge in [-0.05, 0) is 49.9 Å². The van der Waals surface area contributed by atoms with E-state index in [4.69, 9.17) is 11.6 Å². The van der Waals surface area contributed by atoms with Crippen LogP contribution in [0.1, 0.15) is 30.7 Å².